The lowest BCUT2D eigenvalue weighted by Crippen LogP contribution is -2.10. The third-order valence-electron chi connectivity index (χ3n) is 2.81. The van der Waals surface area contributed by atoms with Gasteiger partial charge in [0, 0.05) is 11.6 Å². The van der Waals surface area contributed by atoms with Crippen molar-refractivity contribution in [3.63, 3.8) is 0 Å². The summed E-state index contributed by atoms with van der Waals surface area (Å²) in [5, 5.41) is 0. The molecule has 0 unspecified atom stereocenters. The van der Waals surface area contributed by atoms with Crippen LogP contribution in [0.25, 0.3) is 0 Å². The molecule has 1 aliphatic carbocycles. The van der Waals surface area contributed by atoms with E-state index in [4.69, 9.17) is 4.74 Å². The van der Waals surface area contributed by atoms with E-state index in [1.165, 1.54) is 6.07 Å². The molecule has 2 aromatic heterocycles. The first-order valence-corrected chi connectivity index (χ1v) is 5.92. The maximum Gasteiger partial charge on any atom is 0.254 e. The van der Waals surface area contributed by atoms with E-state index in [1.54, 1.807) is 6.20 Å². The van der Waals surface area contributed by atoms with Gasteiger partial charge in [0.1, 0.15) is 11.6 Å². The molecule has 0 spiro atoms. The SMILES string of the molecule is Cc1ccc(Oc2cc(=O)[nH]c(C3CC3)n2)cn1. The maximum atomic E-state index is 11.5. The highest BCUT2D eigenvalue weighted by atomic mass is 16.5. The lowest BCUT2D eigenvalue weighted by atomic mass is 10.4. The van der Waals surface area contributed by atoms with Gasteiger partial charge in [0.2, 0.25) is 5.88 Å². The van der Waals surface area contributed by atoms with Gasteiger partial charge in [0.15, 0.2) is 0 Å². The van der Waals surface area contributed by atoms with Gasteiger partial charge in [-0.05, 0) is 31.9 Å². The molecule has 2 heterocycles. The number of aromatic amines is 1. The summed E-state index contributed by atoms with van der Waals surface area (Å²) in [6.07, 6.45) is 3.78. The average molecular weight is 243 g/mol. The molecule has 0 atom stereocenters. The predicted octanol–water partition coefficient (Wildman–Crippen LogP) is 2.14. The highest BCUT2D eigenvalue weighted by Crippen LogP contribution is 2.38. The maximum absolute atomic E-state index is 11.5. The fraction of sp³-hybridized carbons (Fsp3) is 0.308. The van der Waals surface area contributed by atoms with Crippen LogP contribution >= 0.6 is 0 Å². The van der Waals surface area contributed by atoms with Crippen LogP contribution in [-0.4, -0.2) is 15.0 Å². The van der Waals surface area contributed by atoms with Gasteiger partial charge in [-0.1, -0.05) is 0 Å². The van der Waals surface area contributed by atoms with Crippen molar-refractivity contribution in [1.29, 1.82) is 0 Å². The molecule has 0 amide bonds. The number of hydrogen-bond donors (Lipinski definition) is 1. The number of nitrogens with zero attached hydrogens (tertiary/aromatic N) is 2. The Morgan fingerprint density at radius 3 is 2.89 bits per heavy atom. The molecule has 92 valence electrons. The van der Waals surface area contributed by atoms with Crippen LogP contribution in [0.1, 0.15) is 30.3 Å². The van der Waals surface area contributed by atoms with Crippen molar-refractivity contribution in [2.45, 2.75) is 25.7 Å². The third-order valence-corrected chi connectivity index (χ3v) is 2.81. The van der Waals surface area contributed by atoms with Gasteiger partial charge >= 0.3 is 0 Å². The Bertz CT molecular complexity index is 615. The lowest BCUT2D eigenvalue weighted by molar-refractivity contribution is 0.455. The molecule has 5 heteroatoms. The highest BCUT2D eigenvalue weighted by molar-refractivity contribution is 5.25. The molecule has 0 bridgehead atoms. The Morgan fingerprint density at radius 1 is 1.39 bits per heavy atom. The van der Waals surface area contributed by atoms with Gasteiger partial charge in [-0.2, -0.15) is 4.98 Å². The van der Waals surface area contributed by atoms with E-state index in [9.17, 15) is 4.79 Å². The number of nitrogens with one attached hydrogen (secondary N) is 1. The predicted molar refractivity (Wildman–Crippen MR) is 65.9 cm³/mol. The summed E-state index contributed by atoms with van der Waals surface area (Å²) in [4.78, 5) is 22.7. The summed E-state index contributed by atoms with van der Waals surface area (Å²) >= 11 is 0. The molecule has 0 radical (unpaired) electrons. The molecule has 5 nitrogen and oxygen atoms in total. The van der Waals surface area contributed by atoms with E-state index in [2.05, 4.69) is 15.0 Å². The van der Waals surface area contributed by atoms with E-state index >= 15 is 0 Å². The van der Waals surface area contributed by atoms with Crippen LogP contribution in [0.15, 0.2) is 29.2 Å². The van der Waals surface area contributed by atoms with Crippen LogP contribution in [0.3, 0.4) is 0 Å². The van der Waals surface area contributed by atoms with Gasteiger partial charge in [-0.25, -0.2) is 0 Å². The van der Waals surface area contributed by atoms with Gasteiger partial charge in [0.25, 0.3) is 5.56 Å². The standard InChI is InChI=1S/C13H13N3O2/c1-8-2-5-10(7-14-8)18-12-6-11(17)15-13(16-12)9-3-4-9/h2,5-7,9H,3-4H2,1H3,(H,15,16,17). The van der Waals surface area contributed by atoms with Crippen LogP contribution < -0.4 is 10.3 Å². The lowest BCUT2D eigenvalue weighted by Gasteiger charge is -2.05. The summed E-state index contributed by atoms with van der Waals surface area (Å²) in [6, 6.07) is 5.01. The number of aryl methyl sites for hydroxylation is 1. The Morgan fingerprint density at radius 2 is 2.22 bits per heavy atom. The summed E-state index contributed by atoms with van der Waals surface area (Å²) < 4.78 is 5.54. The molecule has 2 aromatic rings. The minimum Gasteiger partial charge on any atom is -0.437 e. The van der Waals surface area contributed by atoms with Crippen molar-refractivity contribution in [3.8, 4) is 11.6 Å². The molecule has 0 aliphatic heterocycles. The van der Waals surface area contributed by atoms with E-state index in [0.29, 0.717) is 17.5 Å². The van der Waals surface area contributed by atoms with Gasteiger partial charge in [-0.3, -0.25) is 9.78 Å². The molecule has 1 saturated carbocycles. The van der Waals surface area contributed by atoms with E-state index in [0.717, 1.165) is 24.4 Å². The van der Waals surface area contributed by atoms with E-state index in [-0.39, 0.29) is 5.56 Å². The number of aromatic nitrogens is 3. The van der Waals surface area contributed by atoms with Crippen LogP contribution in [0.4, 0.5) is 0 Å². The Hall–Kier alpha value is -2.17. The normalized spacial score (nSPS) is 14.5. The van der Waals surface area contributed by atoms with E-state index in [1.807, 2.05) is 19.1 Å². The molecule has 0 aromatic carbocycles. The zero-order valence-electron chi connectivity index (χ0n) is 10.0. The first kappa shape index (κ1) is 11.0. The first-order chi connectivity index (χ1) is 8.70. The highest BCUT2D eigenvalue weighted by Gasteiger charge is 2.26. The largest absolute Gasteiger partial charge is 0.437 e. The second-order valence-electron chi connectivity index (χ2n) is 4.48. The smallest absolute Gasteiger partial charge is 0.254 e. The van der Waals surface area contributed by atoms with Crippen molar-refractivity contribution in [3.05, 3.63) is 46.3 Å². The van der Waals surface area contributed by atoms with Crippen molar-refractivity contribution in [2.24, 2.45) is 0 Å². The summed E-state index contributed by atoms with van der Waals surface area (Å²) in [6.45, 7) is 1.90. The van der Waals surface area contributed by atoms with Gasteiger partial charge in [0.05, 0.1) is 12.3 Å². The topological polar surface area (TPSA) is 67.9 Å². The van der Waals surface area contributed by atoms with Crippen LogP contribution in [-0.2, 0) is 0 Å². The van der Waals surface area contributed by atoms with Crippen molar-refractivity contribution in [1.82, 2.24) is 15.0 Å². The number of hydrogen-bond acceptors (Lipinski definition) is 4. The minimum atomic E-state index is -0.179. The molecule has 1 aliphatic rings. The van der Waals surface area contributed by atoms with E-state index < -0.39 is 0 Å². The number of H-pyrrole nitrogens is 1. The fourth-order valence-electron chi connectivity index (χ4n) is 1.69. The minimum absolute atomic E-state index is 0.179. The summed E-state index contributed by atoms with van der Waals surface area (Å²) in [7, 11) is 0. The molecular formula is C13H13N3O2. The van der Waals surface area contributed by atoms with Crippen LogP contribution in [0.5, 0.6) is 11.6 Å². The second kappa shape index (κ2) is 4.25. The Kier molecular flexibility index (Phi) is 2.59. The number of ether oxygens (including phenoxy) is 1. The van der Waals surface area contributed by atoms with Crippen LogP contribution in [0, 0.1) is 6.92 Å². The fourth-order valence-corrected chi connectivity index (χ4v) is 1.69. The summed E-state index contributed by atoms with van der Waals surface area (Å²) in [5.74, 6) is 2.02. The number of rotatable bonds is 3. The molecule has 1 fully saturated rings. The quantitative estimate of drug-likeness (QED) is 0.896. The average Bonchev–Trinajstić information content (AvgIpc) is 3.15. The zero-order chi connectivity index (χ0) is 12.5. The van der Waals surface area contributed by atoms with Crippen LogP contribution in [0.2, 0.25) is 0 Å². The number of pyridine rings is 1. The first-order valence-electron chi connectivity index (χ1n) is 5.92. The monoisotopic (exact) mass is 243 g/mol. The van der Waals surface area contributed by atoms with Crippen molar-refractivity contribution in [2.75, 3.05) is 0 Å². The summed E-state index contributed by atoms with van der Waals surface area (Å²) in [5.41, 5.74) is 0.738. The zero-order valence-corrected chi connectivity index (χ0v) is 10.0. The van der Waals surface area contributed by atoms with Crippen molar-refractivity contribution >= 4 is 0 Å². The second-order valence-corrected chi connectivity index (χ2v) is 4.48. The van der Waals surface area contributed by atoms with Gasteiger partial charge in [-0.15, -0.1) is 0 Å². The molecule has 18 heavy (non-hydrogen) atoms. The Labute approximate surface area is 104 Å². The molecular weight excluding hydrogens is 230 g/mol. The molecule has 3 rings (SSSR count). The molecule has 1 N–H and O–H groups in total. The Balaban J connectivity index is 1.87. The molecule has 0 saturated heterocycles. The van der Waals surface area contributed by atoms with Gasteiger partial charge < -0.3 is 9.72 Å². The third kappa shape index (κ3) is 2.40. The van der Waals surface area contributed by atoms with Crippen molar-refractivity contribution < 1.29 is 4.74 Å².